The largest absolute Gasteiger partial charge is 0.356 e. The van der Waals surface area contributed by atoms with Crippen LogP contribution in [0.2, 0.25) is 0 Å². The number of rotatable bonds is 3. The van der Waals surface area contributed by atoms with Crippen molar-refractivity contribution in [1.82, 2.24) is 10.6 Å². The Morgan fingerprint density at radius 3 is 2.53 bits per heavy atom. The van der Waals surface area contributed by atoms with Crippen LogP contribution < -0.4 is 16.4 Å². The van der Waals surface area contributed by atoms with E-state index in [1.165, 1.54) is 0 Å². The molecule has 1 aliphatic heterocycles. The van der Waals surface area contributed by atoms with E-state index in [0.717, 1.165) is 45.3 Å². The van der Waals surface area contributed by atoms with Crippen LogP contribution in [-0.4, -0.2) is 31.6 Å². The van der Waals surface area contributed by atoms with Gasteiger partial charge in [0.05, 0.1) is 5.92 Å². The number of piperidine rings is 1. The molecule has 0 aromatic carbocycles. The molecule has 1 aliphatic carbocycles. The zero-order valence-corrected chi connectivity index (χ0v) is 9.11. The highest BCUT2D eigenvalue weighted by Crippen LogP contribution is 2.25. The minimum atomic E-state index is 0.0817. The van der Waals surface area contributed by atoms with Gasteiger partial charge < -0.3 is 11.1 Å². The lowest BCUT2D eigenvalue weighted by molar-refractivity contribution is -0.128. The fraction of sp³-hybridized carbons (Fsp3) is 0.909. The highest BCUT2D eigenvalue weighted by Gasteiger charge is 2.33. The third-order valence-corrected chi connectivity index (χ3v) is 3.62. The highest BCUT2D eigenvalue weighted by atomic mass is 16.1. The zero-order chi connectivity index (χ0) is 10.7. The van der Waals surface area contributed by atoms with Gasteiger partial charge in [0.25, 0.3) is 0 Å². The van der Waals surface area contributed by atoms with Crippen molar-refractivity contribution in [2.75, 3.05) is 19.6 Å². The second-order valence-electron chi connectivity index (χ2n) is 4.71. The maximum atomic E-state index is 11.7. The Morgan fingerprint density at radius 1 is 1.27 bits per heavy atom. The molecule has 0 bridgehead atoms. The molecule has 3 N–H and O–H groups in total. The lowest BCUT2D eigenvalue weighted by atomic mass is 9.79. The van der Waals surface area contributed by atoms with Crippen LogP contribution in [0.5, 0.6) is 0 Å². The van der Waals surface area contributed by atoms with E-state index < -0.39 is 0 Å². The third-order valence-electron chi connectivity index (χ3n) is 3.62. The van der Waals surface area contributed by atoms with Gasteiger partial charge >= 0.3 is 0 Å². The van der Waals surface area contributed by atoms with Crippen molar-refractivity contribution in [3.05, 3.63) is 0 Å². The van der Waals surface area contributed by atoms with Gasteiger partial charge in [0.1, 0.15) is 0 Å². The first-order chi connectivity index (χ1) is 7.27. The average Bonchev–Trinajstić information content (AvgIpc) is 2.26. The first kappa shape index (κ1) is 10.9. The SMILES string of the molecule is NC1CCC1C(=O)NCC1CC[N]CC1. The van der Waals surface area contributed by atoms with E-state index in [1.54, 1.807) is 0 Å². The van der Waals surface area contributed by atoms with E-state index in [2.05, 4.69) is 10.6 Å². The number of carbonyl (C=O) groups excluding carboxylic acids is 1. The van der Waals surface area contributed by atoms with Crippen molar-refractivity contribution >= 4 is 5.91 Å². The summed E-state index contributed by atoms with van der Waals surface area (Å²) in [4.78, 5) is 11.7. The van der Waals surface area contributed by atoms with Gasteiger partial charge in [0, 0.05) is 25.7 Å². The molecule has 1 amide bonds. The predicted molar refractivity (Wildman–Crippen MR) is 58.3 cm³/mol. The van der Waals surface area contributed by atoms with E-state index in [1.807, 2.05) is 0 Å². The first-order valence-electron chi connectivity index (χ1n) is 5.94. The van der Waals surface area contributed by atoms with Crippen molar-refractivity contribution in [3.8, 4) is 0 Å². The Morgan fingerprint density at radius 2 is 2.00 bits per heavy atom. The lowest BCUT2D eigenvalue weighted by Crippen LogP contribution is -2.49. The van der Waals surface area contributed by atoms with Gasteiger partial charge in [-0.05, 0) is 31.6 Å². The molecule has 0 aromatic rings. The molecule has 0 aromatic heterocycles. The smallest absolute Gasteiger partial charge is 0.224 e. The summed E-state index contributed by atoms with van der Waals surface area (Å²) in [6.07, 6.45) is 4.21. The Balaban J connectivity index is 1.66. The van der Waals surface area contributed by atoms with Crippen LogP contribution in [-0.2, 0) is 4.79 Å². The van der Waals surface area contributed by atoms with Crippen LogP contribution in [0, 0.1) is 11.8 Å². The second-order valence-corrected chi connectivity index (χ2v) is 4.71. The van der Waals surface area contributed by atoms with Gasteiger partial charge in [-0.2, -0.15) is 0 Å². The number of nitrogens with zero attached hydrogens (tertiary/aromatic N) is 1. The molecular formula is C11H20N3O. The number of nitrogens with two attached hydrogens (primary N) is 1. The summed E-state index contributed by atoms with van der Waals surface area (Å²) in [5.74, 6) is 0.872. The molecule has 2 unspecified atom stereocenters. The molecule has 4 heteroatoms. The summed E-state index contributed by atoms with van der Waals surface area (Å²) >= 11 is 0. The van der Waals surface area contributed by atoms with Gasteiger partial charge in [0.2, 0.25) is 5.91 Å². The molecule has 15 heavy (non-hydrogen) atoms. The third kappa shape index (κ3) is 2.69. The molecular weight excluding hydrogens is 190 g/mol. The molecule has 2 atom stereocenters. The molecule has 1 heterocycles. The first-order valence-corrected chi connectivity index (χ1v) is 5.94. The van der Waals surface area contributed by atoms with Crippen LogP contribution in [0.1, 0.15) is 25.7 Å². The quantitative estimate of drug-likeness (QED) is 0.680. The molecule has 1 radical (unpaired) electrons. The van der Waals surface area contributed by atoms with E-state index in [4.69, 9.17) is 5.73 Å². The summed E-state index contributed by atoms with van der Waals surface area (Å²) in [7, 11) is 0. The lowest BCUT2D eigenvalue weighted by Gasteiger charge is -2.32. The summed E-state index contributed by atoms with van der Waals surface area (Å²) in [6.45, 7) is 2.74. The van der Waals surface area contributed by atoms with Gasteiger partial charge in [0.15, 0.2) is 0 Å². The van der Waals surface area contributed by atoms with E-state index in [9.17, 15) is 4.79 Å². The fourth-order valence-corrected chi connectivity index (χ4v) is 2.24. The number of hydrogen-bond donors (Lipinski definition) is 2. The van der Waals surface area contributed by atoms with Gasteiger partial charge in [-0.25, -0.2) is 5.32 Å². The minimum Gasteiger partial charge on any atom is -0.356 e. The van der Waals surface area contributed by atoms with Crippen LogP contribution in [0.25, 0.3) is 0 Å². The number of amides is 1. The van der Waals surface area contributed by atoms with Crippen LogP contribution in [0.3, 0.4) is 0 Å². The number of nitrogens with one attached hydrogen (secondary N) is 1. The van der Waals surface area contributed by atoms with E-state index in [-0.39, 0.29) is 17.9 Å². The molecule has 0 spiro atoms. The number of carbonyl (C=O) groups is 1. The van der Waals surface area contributed by atoms with Crippen LogP contribution >= 0.6 is 0 Å². The Kier molecular flexibility index (Phi) is 3.59. The maximum Gasteiger partial charge on any atom is 0.224 e. The predicted octanol–water partition coefficient (Wildman–Crippen LogP) is -0.146. The second kappa shape index (κ2) is 4.94. The topological polar surface area (TPSA) is 69.2 Å². The summed E-state index contributed by atoms with van der Waals surface area (Å²) in [6, 6.07) is 0.103. The van der Waals surface area contributed by atoms with Crippen LogP contribution in [0.4, 0.5) is 0 Å². The zero-order valence-electron chi connectivity index (χ0n) is 9.11. The molecule has 2 rings (SSSR count). The molecule has 2 aliphatic rings. The minimum absolute atomic E-state index is 0.0817. The monoisotopic (exact) mass is 210 g/mol. The van der Waals surface area contributed by atoms with Crippen LogP contribution in [0.15, 0.2) is 0 Å². The standard InChI is InChI=1S/C11H20N3O/c12-10-2-1-9(10)11(15)14-7-8-3-5-13-6-4-8/h8-10H,1-7,12H2,(H,14,15). The summed E-state index contributed by atoms with van der Waals surface area (Å²) in [5, 5.41) is 7.32. The van der Waals surface area contributed by atoms with Crippen molar-refractivity contribution in [1.29, 1.82) is 0 Å². The molecule has 85 valence electrons. The molecule has 1 saturated carbocycles. The average molecular weight is 210 g/mol. The van der Waals surface area contributed by atoms with Gasteiger partial charge in [-0.15, -0.1) is 0 Å². The van der Waals surface area contributed by atoms with Gasteiger partial charge in [-0.3, -0.25) is 4.79 Å². The van der Waals surface area contributed by atoms with Crippen molar-refractivity contribution in [2.45, 2.75) is 31.7 Å². The maximum absolute atomic E-state index is 11.7. The Hall–Kier alpha value is -0.610. The molecule has 2 fully saturated rings. The fourth-order valence-electron chi connectivity index (χ4n) is 2.24. The normalized spacial score (nSPS) is 32.1. The number of hydrogen-bond acceptors (Lipinski definition) is 2. The van der Waals surface area contributed by atoms with Crippen molar-refractivity contribution < 1.29 is 4.79 Å². The summed E-state index contributed by atoms with van der Waals surface area (Å²) < 4.78 is 0. The van der Waals surface area contributed by atoms with E-state index >= 15 is 0 Å². The van der Waals surface area contributed by atoms with Crippen molar-refractivity contribution in [3.63, 3.8) is 0 Å². The highest BCUT2D eigenvalue weighted by molar-refractivity contribution is 5.80. The summed E-state index contributed by atoms with van der Waals surface area (Å²) in [5.41, 5.74) is 5.76. The molecule has 1 saturated heterocycles. The van der Waals surface area contributed by atoms with Gasteiger partial charge in [-0.1, -0.05) is 0 Å². The Bertz CT molecular complexity index is 226. The Labute approximate surface area is 91.0 Å². The van der Waals surface area contributed by atoms with E-state index in [0.29, 0.717) is 5.92 Å². The molecule has 4 nitrogen and oxygen atoms in total. The van der Waals surface area contributed by atoms with Crippen molar-refractivity contribution in [2.24, 2.45) is 17.6 Å².